The summed E-state index contributed by atoms with van der Waals surface area (Å²) in [5.74, 6) is 5.65. The van der Waals surface area contributed by atoms with Gasteiger partial charge in [-0.1, -0.05) is 6.92 Å². The van der Waals surface area contributed by atoms with Crippen LogP contribution in [0, 0.1) is 0 Å². The molecule has 0 saturated carbocycles. The highest BCUT2D eigenvalue weighted by Crippen LogP contribution is 2.33. The average Bonchev–Trinajstić information content (AvgIpc) is 2.38. The molecule has 0 aliphatic carbocycles. The second-order valence-electron chi connectivity index (χ2n) is 3.94. The van der Waals surface area contributed by atoms with E-state index >= 15 is 0 Å². The number of ether oxygens (including phenoxy) is 1. The van der Waals surface area contributed by atoms with Gasteiger partial charge in [-0.25, -0.2) is 5.84 Å². The van der Waals surface area contributed by atoms with Gasteiger partial charge < -0.3 is 10.5 Å². The van der Waals surface area contributed by atoms with Crippen LogP contribution in [0.5, 0.6) is 5.75 Å². The molecule has 100 valence electrons. The van der Waals surface area contributed by atoms with Gasteiger partial charge in [0.1, 0.15) is 5.75 Å². The number of anilines is 1. The number of carbonyl (C=O) groups is 1. The Hall–Kier alpha value is -1.40. The summed E-state index contributed by atoms with van der Waals surface area (Å²) < 4.78 is 5.16. The van der Waals surface area contributed by atoms with Crippen LogP contribution in [0.3, 0.4) is 0 Å². The van der Waals surface area contributed by atoms with Crippen molar-refractivity contribution in [1.82, 2.24) is 5.43 Å². The van der Waals surface area contributed by atoms with Gasteiger partial charge in [-0.3, -0.25) is 10.2 Å². The van der Waals surface area contributed by atoms with E-state index in [4.69, 9.17) is 16.3 Å². The molecule has 5 nitrogen and oxygen atoms in total. The summed E-state index contributed by atoms with van der Waals surface area (Å²) in [4.78, 5) is 12.0. The van der Waals surface area contributed by atoms with E-state index in [9.17, 15) is 4.79 Å². The SMILES string of the molecule is COc1ccc(N)c(SC(C)CCC(=O)NN)c1. The zero-order valence-corrected chi connectivity index (χ0v) is 11.4. The summed E-state index contributed by atoms with van der Waals surface area (Å²) in [7, 11) is 1.62. The zero-order valence-electron chi connectivity index (χ0n) is 10.6. The lowest BCUT2D eigenvalue weighted by Gasteiger charge is -2.13. The van der Waals surface area contributed by atoms with E-state index in [0.29, 0.717) is 6.42 Å². The van der Waals surface area contributed by atoms with Crippen LogP contribution in [0.4, 0.5) is 5.69 Å². The van der Waals surface area contributed by atoms with Gasteiger partial charge in [-0.15, -0.1) is 11.8 Å². The molecule has 1 aromatic rings. The van der Waals surface area contributed by atoms with E-state index in [2.05, 4.69) is 5.43 Å². The number of rotatable bonds is 6. The quantitative estimate of drug-likeness (QED) is 0.239. The molecule has 1 unspecified atom stereocenters. The van der Waals surface area contributed by atoms with Crippen LogP contribution in [-0.4, -0.2) is 18.3 Å². The Morgan fingerprint density at radius 3 is 2.89 bits per heavy atom. The second kappa shape index (κ2) is 7.13. The number of methoxy groups -OCH3 is 1. The summed E-state index contributed by atoms with van der Waals surface area (Å²) in [6, 6.07) is 5.55. The maximum atomic E-state index is 11.0. The van der Waals surface area contributed by atoms with E-state index < -0.39 is 0 Å². The molecule has 0 aliphatic rings. The first-order valence-corrected chi connectivity index (χ1v) is 6.54. The number of nitrogens with one attached hydrogen (secondary N) is 1. The Morgan fingerprint density at radius 2 is 2.28 bits per heavy atom. The van der Waals surface area contributed by atoms with E-state index in [0.717, 1.165) is 22.8 Å². The number of hydrazine groups is 1. The molecule has 1 atom stereocenters. The fourth-order valence-electron chi connectivity index (χ4n) is 1.43. The normalized spacial score (nSPS) is 11.9. The van der Waals surface area contributed by atoms with Gasteiger partial charge in [0.2, 0.25) is 5.91 Å². The number of carbonyl (C=O) groups excluding carboxylic acids is 1. The molecule has 1 rings (SSSR count). The van der Waals surface area contributed by atoms with Crippen molar-refractivity contribution in [2.45, 2.75) is 29.9 Å². The Balaban J connectivity index is 2.58. The Morgan fingerprint density at radius 1 is 1.56 bits per heavy atom. The average molecular weight is 269 g/mol. The molecular formula is C12H19N3O2S. The number of amides is 1. The number of hydrogen-bond acceptors (Lipinski definition) is 5. The summed E-state index contributed by atoms with van der Waals surface area (Å²) in [6.45, 7) is 2.05. The first-order valence-electron chi connectivity index (χ1n) is 5.66. The molecule has 5 N–H and O–H groups in total. The van der Waals surface area contributed by atoms with Crippen LogP contribution in [0.25, 0.3) is 0 Å². The third-order valence-corrected chi connectivity index (χ3v) is 3.73. The highest BCUT2D eigenvalue weighted by Gasteiger charge is 2.10. The van der Waals surface area contributed by atoms with Crippen LogP contribution in [0.15, 0.2) is 23.1 Å². The lowest BCUT2D eigenvalue weighted by atomic mass is 10.2. The summed E-state index contributed by atoms with van der Waals surface area (Å²) in [5, 5.41) is 0.275. The minimum absolute atomic E-state index is 0.152. The smallest absolute Gasteiger partial charge is 0.233 e. The van der Waals surface area contributed by atoms with Gasteiger partial charge in [-0.05, 0) is 24.6 Å². The lowest BCUT2D eigenvalue weighted by Crippen LogP contribution is -2.30. The second-order valence-corrected chi connectivity index (χ2v) is 5.42. The fraction of sp³-hybridized carbons (Fsp3) is 0.417. The topological polar surface area (TPSA) is 90.4 Å². The first-order chi connectivity index (χ1) is 8.56. The van der Waals surface area contributed by atoms with E-state index in [1.165, 1.54) is 0 Å². The molecule has 0 radical (unpaired) electrons. The Kier molecular flexibility index (Phi) is 5.80. The van der Waals surface area contributed by atoms with Crippen molar-refractivity contribution in [3.05, 3.63) is 18.2 Å². The number of hydrogen-bond donors (Lipinski definition) is 3. The van der Waals surface area contributed by atoms with Crippen LogP contribution in [0.1, 0.15) is 19.8 Å². The molecule has 0 spiro atoms. The Bertz CT molecular complexity index is 412. The maximum Gasteiger partial charge on any atom is 0.233 e. The number of nitrogens with two attached hydrogens (primary N) is 2. The largest absolute Gasteiger partial charge is 0.497 e. The van der Waals surface area contributed by atoms with Gasteiger partial charge in [0, 0.05) is 22.3 Å². The van der Waals surface area contributed by atoms with Crippen molar-refractivity contribution in [1.29, 1.82) is 0 Å². The monoisotopic (exact) mass is 269 g/mol. The van der Waals surface area contributed by atoms with Crippen molar-refractivity contribution in [2.75, 3.05) is 12.8 Å². The minimum atomic E-state index is -0.152. The summed E-state index contributed by atoms with van der Waals surface area (Å²) >= 11 is 1.63. The van der Waals surface area contributed by atoms with Gasteiger partial charge in [-0.2, -0.15) is 0 Å². The number of thioether (sulfide) groups is 1. The number of benzene rings is 1. The fourth-order valence-corrected chi connectivity index (χ4v) is 2.48. The molecule has 0 heterocycles. The van der Waals surface area contributed by atoms with Gasteiger partial charge in [0.05, 0.1) is 7.11 Å². The molecule has 0 aromatic heterocycles. The predicted octanol–water partition coefficient (Wildman–Crippen LogP) is 1.53. The van der Waals surface area contributed by atoms with Crippen molar-refractivity contribution < 1.29 is 9.53 Å². The zero-order chi connectivity index (χ0) is 13.5. The van der Waals surface area contributed by atoms with Crippen molar-refractivity contribution in [2.24, 2.45) is 5.84 Å². The third-order valence-electron chi connectivity index (χ3n) is 2.49. The standard InChI is InChI=1S/C12H19N3O2S/c1-8(3-6-12(16)15-14)18-11-7-9(17-2)4-5-10(11)13/h4-5,7-8H,3,6,13-14H2,1-2H3,(H,15,16). The van der Waals surface area contributed by atoms with Crippen LogP contribution >= 0.6 is 11.8 Å². The van der Waals surface area contributed by atoms with Crippen molar-refractivity contribution >= 4 is 23.4 Å². The molecule has 0 saturated heterocycles. The Labute approximate surface area is 111 Å². The lowest BCUT2D eigenvalue weighted by molar-refractivity contribution is -0.121. The molecule has 0 aliphatic heterocycles. The molecule has 0 fully saturated rings. The molecule has 1 amide bonds. The molecular weight excluding hydrogens is 250 g/mol. The maximum absolute atomic E-state index is 11.0. The third kappa shape index (κ3) is 4.46. The van der Waals surface area contributed by atoms with Crippen LogP contribution in [0.2, 0.25) is 0 Å². The number of nitrogen functional groups attached to an aromatic ring is 1. The van der Waals surface area contributed by atoms with Crippen LogP contribution in [-0.2, 0) is 4.79 Å². The van der Waals surface area contributed by atoms with Crippen molar-refractivity contribution in [3.8, 4) is 5.75 Å². The van der Waals surface area contributed by atoms with Gasteiger partial charge in [0.15, 0.2) is 0 Å². The van der Waals surface area contributed by atoms with Gasteiger partial charge >= 0.3 is 0 Å². The molecule has 6 heteroatoms. The van der Waals surface area contributed by atoms with E-state index in [-0.39, 0.29) is 11.2 Å². The molecule has 1 aromatic carbocycles. The van der Waals surface area contributed by atoms with Crippen LogP contribution < -0.4 is 21.7 Å². The van der Waals surface area contributed by atoms with E-state index in [1.54, 1.807) is 18.9 Å². The predicted molar refractivity (Wildman–Crippen MR) is 74.3 cm³/mol. The van der Waals surface area contributed by atoms with E-state index in [1.807, 2.05) is 25.1 Å². The highest BCUT2D eigenvalue weighted by atomic mass is 32.2. The summed E-state index contributed by atoms with van der Waals surface area (Å²) in [5.41, 5.74) is 8.74. The minimum Gasteiger partial charge on any atom is -0.497 e. The molecule has 0 bridgehead atoms. The van der Waals surface area contributed by atoms with Crippen molar-refractivity contribution in [3.63, 3.8) is 0 Å². The highest BCUT2D eigenvalue weighted by molar-refractivity contribution is 8.00. The first kappa shape index (κ1) is 14.7. The molecule has 18 heavy (non-hydrogen) atoms. The van der Waals surface area contributed by atoms with Gasteiger partial charge in [0.25, 0.3) is 0 Å². The summed E-state index contributed by atoms with van der Waals surface area (Å²) in [6.07, 6.45) is 1.15.